The fourth-order valence-electron chi connectivity index (χ4n) is 16.1. The quantitative estimate of drug-likeness (QED) is 0.0140. The number of thiazole rings is 4. The lowest BCUT2D eigenvalue weighted by atomic mass is 9.84. The molecule has 742 valence electrons. The Labute approximate surface area is 848 Å². The number of likely N-dealkylation sites (tertiary alicyclic amines) is 3. The summed E-state index contributed by atoms with van der Waals surface area (Å²) < 4.78 is 27.3. The van der Waals surface area contributed by atoms with E-state index >= 15 is 0 Å². The SMILES string of the molecule is C=CC(=O)NC1CCC(C(=O)N2CCC[C@@H](Nc3ncc(SCc4ncc(C(C)(C)C)o4)s3)C2)CC1.C=CC(=O)Nc1ccc(C(=O)N2CCC[C@@H](Nc3ncc(CCc4ncc(C(C)(C)C)o4)s3)C2)cc1.C=CC(=O)Nc1ccc(C(=O)N2CCC[C@@H](Nc3ncc(SCc4ccncc4)s3)C2)cc1.C=CC(=O)Nc1ccc(OC2CCCC(Nc3ncc(SCc4ncc(C(C)(C)C)o4)s3)C2)cc1. The minimum absolute atomic E-state index is 0.00386. The first-order chi connectivity index (χ1) is 67.3. The third-order valence-electron chi connectivity index (χ3n) is 23.8. The Kier molecular flexibility index (Phi) is 38.5. The zero-order chi connectivity index (χ0) is 99.3. The van der Waals surface area contributed by atoms with E-state index in [1.54, 1.807) is 142 Å². The van der Waals surface area contributed by atoms with Crippen molar-refractivity contribution in [3.8, 4) is 5.75 Å². The van der Waals surface area contributed by atoms with Gasteiger partial charge in [0.05, 0.1) is 61.3 Å². The Balaban J connectivity index is 0.000000157. The second-order valence-electron chi connectivity index (χ2n) is 37.9. The normalized spacial score (nSPS) is 18.2. The van der Waals surface area contributed by atoms with Crippen molar-refractivity contribution in [2.45, 2.75) is 247 Å². The van der Waals surface area contributed by atoms with Crippen LogP contribution in [0.3, 0.4) is 0 Å². The van der Waals surface area contributed by atoms with Crippen molar-refractivity contribution in [1.29, 1.82) is 0 Å². The van der Waals surface area contributed by atoms with E-state index in [1.807, 2.05) is 94.5 Å². The summed E-state index contributed by atoms with van der Waals surface area (Å²) in [6.45, 7) is 37.1. The molecule has 3 aliphatic heterocycles. The van der Waals surface area contributed by atoms with Gasteiger partial charge in [-0.25, -0.2) is 34.9 Å². The van der Waals surface area contributed by atoms with E-state index in [1.165, 1.54) is 34.7 Å². The monoisotopic (exact) mass is 2030 g/mol. The molecular formula is C103H127N19O11S7. The number of hydrogen-bond acceptors (Lipinski definition) is 30. The van der Waals surface area contributed by atoms with Crippen LogP contribution in [0.25, 0.3) is 0 Å². The maximum Gasteiger partial charge on any atom is 0.253 e. The van der Waals surface area contributed by atoms with Gasteiger partial charge in [-0.1, -0.05) is 123 Å². The molecule has 37 heteroatoms. The van der Waals surface area contributed by atoms with Crippen LogP contribution >= 0.6 is 80.6 Å². The van der Waals surface area contributed by atoms with E-state index in [0.29, 0.717) is 59.7 Å². The summed E-state index contributed by atoms with van der Waals surface area (Å²) in [4.78, 5) is 127. The van der Waals surface area contributed by atoms with E-state index < -0.39 is 0 Å². The van der Waals surface area contributed by atoms with Crippen molar-refractivity contribution in [1.82, 2.24) is 59.9 Å². The zero-order valence-electron chi connectivity index (χ0n) is 80.9. The molecule has 5 atom stereocenters. The number of hydrogen-bond donors (Lipinski definition) is 8. The zero-order valence-corrected chi connectivity index (χ0v) is 86.6. The maximum absolute atomic E-state index is 13.2. The number of anilines is 7. The molecule has 16 rings (SSSR count). The van der Waals surface area contributed by atoms with Crippen LogP contribution in [-0.2, 0) is 70.3 Å². The number of nitrogens with zero attached hydrogens (tertiary/aromatic N) is 11. The number of amides is 7. The first-order valence-electron chi connectivity index (χ1n) is 47.4. The summed E-state index contributed by atoms with van der Waals surface area (Å²) in [6.07, 6.45) is 36.7. The molecule has 11 heterocycles. The van der Waals surface area contributed by atoms with E-state index in [4.69, 9.17) is 18.0 Å². The molecule has 3 saturated heterocycles. The van der Waals surface area contributed by atoms with Gasteiger partial charge in [0.1, 0.15) is 29.1 Å². The van der Waals surface area contributed by atoms with Crippen LogP contribution in [0.1, 0.15) is 218 Å². The number of benzene rings is 3. The van der Waals surface area contributed by atoms with E-state index in [0.717, 1.165) is 208 Å². The fraction of sp³-hybridized carbons (Fsp3) is 0.427. The molecule has 140 heavy (non-hydrogen) atoms. The molecule has 5 fully saturated rings. The summed E-state index contributed by atoms with van der Waals surface area (Å²) in [5.41, 5.74) is 4.30. The molecule has 2 aliphatic carbocycles. The van der Waals surface area contributed by atoms with Crippen LogP contribution in [0.4, 0.5) is 37.6 Å². The second-order valence-corrected chi connectivity index (χ2v) is 46.0. The van der Waals surface area contributed by atoms with Gasteiger partial charge in [-0.3, -0.25) is 38.5 Å². The van der Waals surface area contributed by atoms with Crippen molar-refractivity contribution in [3.05, 3.63) is 248 Å². The number of thioether (sulfide) groups is 3. The summed E-state index contributed by atoms with van der Waals surface area (Å²) >= 11 is 11.7. The number of carbonyl (C=O) groups excluding carboxylic acids is 7. The smallest absolute Gasteiger partial charge is 0.253 e. The fourth-order valence-corrected chi connectivity index (χ4v) is 22.5. The van der Waals surface area contributed by atoms with Crippen LogP contribution in [0, 0.1) is 5.92 Å². The van der Waals surface area contributed by atoms with Gasteiger partial charge in [-0.05, 0) is 205 Å². The minimum Gasteiger partial charge on any atom is -0.490 e. The highest BCUT2D eigenvalue weighted by Gasteiger charge is 2.35. The van der Waals surface area contributed by atoms with Crippen LogP contribution in [0.5, 0.6) is 5.75 Å². The number of aryl methyl sites for hydroxylation is 2. The summed E-state index contributed by atoms with van der Waals surface area (Å²) in [7, 11) is 0. The van der Waals surface area contributed by atoms with Gasteiger partial charge < -0.3 is 75.2 Å². The van der Waals surface area contributed by atoms with Crippen molar-refractivity contribution in [2.75, 3.05) is 76.5 Å². The number of carbonyl (C=O) groups is 7. The minimum atomic E-state index is -0.281. The molecular weight excluding hydrogens is 1900 g/mol. The third-order valence-corrected chi connectivity index (χ3v) is 31.1. The number of oxazole rings is 3. The van der Waals surface area contributed by atoms with Gasteiger partial charge in [0.2, 0.25) is 41.3 Å². The first-order valence-corrected chi connectivity index (χ1v) is 53.6. The average Bonchev–Trinajstić information content (AvgIpc) is 1.79. The molecule has 0 spiro atoms. The molecule has 30 nitrogen and oxygen atoms in total. The van der Waals surface area contributed by atoms with Gasteiger partial charge in [-0.15, -0.1) is 46.6 Å². The van der Waals surface area contributed by atoms with Gasteiger partial charge in [0.15, 0.2) is 26.4 Å². The highest BCUT2D eigenvalue weighted by atomic mass is 32.2. The summed E-state index contributed by atoms with van der Waals surface area (Å²) in [5, 5.41) is 28.8. The van der Waals surface area contributed by atoms with E-state index in [-0.39, 0.29) is 93.8 Å². The van der Waals surface area contributed by atoms with Crippen LogP contribution < -0.4 is 47.3 Å². The van der Waals surface area contributed by atoms with Crippen molar-refractivity contribution >= 4 is 160 Å². The van der Waals surface area contributed by atoms with Crippen LogP contribution in [-0.4, -0.2) is 172 Å². The van der Waals surface area contributed by atoms with Gasteiger partial charge in [-0.2, -0.15) is 0 Å². The number of ether oxygens (including phenoxy) is 1. The summed E-state index contributed by atoms with van der Waals surface area (Å²) in [5.74, 6) is 7.34. The number of rotatable bonds is 33. The lowest BCUT2D eigenvalue weighted by Crippen LogP contribution is -2.48. The van der Waals surface area contributed by atoms with Crippen LogP contribution in [0.2, 0.25) is 0 Å². The molecule has 7 amide bonds. The predicted octanol–water partition coefficient (Wildman–Crippen LogP) is 21.4. The lowest BCUT2D eigenvalue weighted by molar-refractivity contribution is -0.137. The van der Waals surface area contributed by atoms with Crippen LogP contribution in [0.15, 0.2) is 217 Å². The standard InChI is InChI=1S/C27H33N5O3S.C26H37N5O3S2.C26H32N4O3S2.C24H25N5O2S2/c1-5-23(33)30-19-10-8-18(9-11-19)25(34)32-14-6-7-20(17-32)31-26-29-15-21(36-26)12-13-24-28-16-22(35-24)27(2,3)4;1-5-21(32)29-18-10-8-17(9-11-18)24(33)31-12-6-7-19(15-31)30-25-28-14-23(36-25)35-16-22-27-13-20(34-22)26(2,3)4;1-5-22(31)29-17-9-11-19(12-10-17)32-20-8-6-7-18(13-20)30-25-28-15-24(35-25)34-16-23-27-14-21(33-23)26(2,3)4;1-2-21(30)27-19-7-5-18(6-8-19)23(31)29-13-3-4-20(15-29)28-24-26-14-22(33-24)32-16-17-9-11-25-12-10-17/h5,8-11,15-16,20H,1,6-7,12-14,17H2,2-4H3,(H,29,31)(H,30,33);5,13-14,17-19H,1,6-12,15-16H2,2-4H3,(H,28,30)(H,29,32);5,9-12,14-15,18,20H,1,6-8,13,16H2,2-4H3,(H,28,30)(H,29,31);2,5-12,14,20H,1,3-4,13,15-16H2,(H,26,28)(H,27,30)/t20-;17?,18?,19-;;20-/m11.1/s1. The molecule has 0 bridgehead atoms. The molecule has 2 unspecified atom stereocenters. The Hall–Kier alpha value is -11.7. The number of nitrogens with one attached hydrogen (secondary N) is 8. The maximum atomic E-state index is 13.2. The third kappa shape index (κ3) is 32.9. The Morgan fingerprint density at radius 1 is 0.414 bits per heavy atom. The summed E-state index contributed by atoms with van der Waals surface area (Å²) in [6, 6.07) is 26.4. The lowest BCUT2D eigenvalue weighted by Gasteiger charge is -2.37. The van der Waals surface area contributed by atoms with Crippen molar-refractivity contribution in [2.24, 2.45) is 5.92 Å². The Morgan fingerprint density at radius 2 is 0.807 bits per heavy atom. The van der Waals surface area contributed by atoms with Crippen molar-refractivity contribution < 1.29 is 51.6 Å². The number of piperidine rings is 3. The van der Waals surface area contributed by atoms with Crippen molar-refractivity contribution in [3.63, 3.8) is 0 Å². The molecule has 8 aromatic heterocycles. The topological polar surface area (TPSA) is 377 Å². The molecule has 0 radical (unpaired) electrons. The predicted molar refractivity (Wildman–Crippen MR) is 563 cm³/mol. The molecule has 5 aliphatic rings. The van der Waals surface area contributed by atoms with Gasteiger partial charge in [0.25, 0.3) is 11.8 Å². The molecule has 11 aromatic rings. The Bertz CT molecular complexity index is 5920. The molecule has 3 aromatic carbocycles. The van der Waals surface area contributed by atoms with Gasteiger partial charge >= 0.3 is 0 Å². The van der Waals surface area contributed by atoms with Gasteiger partial charge in [0, 0.05) is 162 Å². The number of pyridine rings is 1. The highest BCUT2D eigenvalue weighted by molar-refractivity contribution is 8.01. The van der Waals surface area contributed by atoms with E-state index in [9.17, 15) is 33.6 Å². The second kappa shape index (κ2) is 51.1. The number of aromatic nitrogens is 8. The average molecular weight is 2030 g/mol. The molecule has 2 saturated carbocycles. The Morgan fingerprint density at radius 3 is 1.25 bits per heavy atom. The molecule has 8 N–H and O–H groups in total. The largest absolute Gasteiger partial charge is 0.490 e. The van der Waals surface area contributed by atoms with E-state index in [2.05, 4.69) is 171 Å². The first kappa shape index (κ1) is 106. The highest BCUT2D eigenvalue weighted by Crippen LogP contribution is 2.39.